The molecule has 0 aliphatic rings. The van der Waals surface area contributed by atoms with Gasteiger partial charge in [0, 0.05) is 23.0 Å². The number of hydrogen-bond acceptors (Lipinski definition) is 2. The van der Waals surface area contributed by atoms with Crippen LogP contribution in [0.1, 0.15) is 16.8 Å². The second kappa shape index (κ2) is 4.77. The highest BCUT2D eigenvalue weighted by Gasteiger charge is 2.10. The molecule has 4 heteroatoms. The third-order valence-electron chi connectivity index (χ3n) is 1.65. The summed E-state index contributed by atoms with van der Waals surface area (Å²) in [4.78, 5) is 11.5. The highest BCUT2D eigenvalue weighted by molar-refractivity contribution is 9.10. The number of alkyl halides is 1. The molecule has 0 radical (unpaired) electrons. The molecule has 1 aromatic rings. The Morgan fingerprint density at radius 1 is 1.46 bits per heavy atom. The van der Waals surface area contributed by atoms with Crippen LogP contribution in [-0.2, 0) is 0 Å². The molecule has 0 saturated carbocycles. The number of nitrogens with two attached hydrogens (primary N) is 1. The van der Waals surface area contributed by atoms with Gasteiger partial charge in [0.1, 0.15) is 0 Å². The number of carbonyl (C=O) groups excluding carboxylic acids is 1. The molecule has 13 heavy (non-hydrogen) atoms. The van der Waals surface area contributed by atoms with Gasteiger partial charge in [-0.15, -0.1) is 0 Å². The summed E-state index contributed by atoms with van der Waals surface area (Å²) in [5.74, 6) is 0.0936. The monoisotopic (exact) mass is 305 g/mol. The van der Waals surface area contributed by atoms with E-state index in [2.05, 4.69) is 31.9 Å². The quantitative estimate of drug-likeness (QED) is 0.530. The molecule has 0 heterocycles. The van der Waals surface area contributed by atoms with Gasteiger partial charge in [0.25, 0.3) is 0 Å². The SMILES string of the molecule is Nc1cccc(C(=O)CCBr)c1Br. The molecule has 0 aliphatic carbocycles. The average Bonchev–Trinajstić information content (AvgIpc) is 2.10. The van der Waals surface area contributed by atoms with Crippen LogP contribution in [0.15, 0.2) is 22.7 Å². The van der Waals surface area contributed by atoms with Crippen LogP contribution in [0.2, 0.25) is 0 Å². The standard InChI is InChI=1S/C9H9Br2NO/c10-5-4-8(13)6-2-1-3-7(12)9(6)11/h1-3H,4-5,12H2. The normalized spacial score (nSPS) is 10.0. The molecule has 0 aromatic heterocycles. The van der Waals surface area contributed by atoms with Crippen molar-refractivity contribution in [2.45, 2.75) is 6.42 Å². The van der Waals surface area contributed by atoms with Crippen molar-refractivity contribution in [3.8, 4) is 0 Å². The van der Waals surface area contributed by atoms with E-state index in [4.69, 9.17) is 5.73 Å². The number of ketones is 1. The minimum atomic E-state index is 0.0936. The molecule has 2 N–H and O–H groups in total. The van der Waals surface area contributed by atoms with Crippen molar-refractivity contribution in [1.29, 1.82) is 0 Å². The molecule has 1 aromatic carbocycles. The minimum absolute atomic E-state index is 0.0936. The number of carbonyl (C=O) groups is 1. The third-order valence-corrected chi connectivity index (χ3v) is 2.93. The first-order chi connectivity index (χ1) is 6.16. The molecular formula is C9H9Br2NO. The first-order valence-corrected chi connectivity index (χ1v) is 5.71. The zero-order valence-electron chi connectivity index (χ0n) is 6.89. The molecule has 70 valence electrons. The van der Waals surface area contributed by atoms with Gasteiger partial charge in [-0.3, -0.25) is 4.79 Å². The molecule has 0 atom stereocenters. The summed E-state index contributed by atoms with van der Waals surface area (Å²) in [6.45, 7) is 0. The smallest absolute Gasteiger partial charge is 0.164 e. The van der Waals surface area contributed by atoms with E-state index in [1.54, 1.807) is 18.2 Å². The van der Waals surface area contributed by atoms with Gasteiger partial charge in [0.15, 0.2) is 5.78 Å². The van der Waals surface area contributed by atoms with E-state index in [1.807, 2.05) is 0 Å². The summed E-state index contributed by atoms with van der Waals surface area (Å²) in [5, 5.41) is 0.674. The summed E-state index contributed by atoms with van der Waals surface area (Å²) in [6.07, 6.45) is 0.488. The molecule has 0 fully saturated rings. The second-order valence-electron chi connectivity index (χ2n) is 2.57. The molecule has 2 nitrogen and oxygen atoms in total. The minimum Gasteiger partial charge on any atom is -0.398 e. The van der Waals surface area contributed by atoms with Gasteiger partial charge in [-0.2, -0.15) is 0 Å². The first-order valence-electron chi connectivity index (χ1n) is 3.80. The lowest BCUT2D eigenvalue weighted by Crippen LogP contribution is -2.02. The lowest BCUT2D eigenvalue weighted by atomic mass is 10.1. The maximum Gasteiger partial charge on any atom is 0.164 e. The van der Waals surface area contributed by atoms with Crippen LogP contribution in [0.5, 0.6) is 0 Å². The van der Waals surface area contributed by atoms with Crippen LogP contribution in [-0.4, -0.2) is 11.1 Å². The van der Waals surface area contributed by atoms with Crippen LogP contribution in [0, 0.1) is 0 Å². The van der Waals surface area contributed by atoms with Gasteiger partial charge < -0.3 is 5.73 Å². The Labute approximate surface area is 93.8 Å². The van der Waals surface area contributed by atoms with Gasteiger partial charge in [-0.25, -0.2) is 0 Å². The Morgan fingerprint density at radius 2 is 2.15 bits per heavy atom. The fourth-order valence-electron chi connectivity index (χ4n) is 0.986. The maximum atomic E-state index is 11.5. The number of hydrogen-bond donors (Lipinski definition) is 1. The van der Waals surface area contributed by atoms with Crippen molar-refractivity contribution in [2.75, 3.05) is 11.1 Å². The molecule has 1 rings (SSSR count). The van der Waals surface area contributed by atoms with Crippen molar-refractivity contribution >= 4 is 43.3 Å². The lowest BCUT2D eigenvalue weighted by Gasteiger charge is -2.04. The summed E-state index contributed by atoms with van der Waals surface area (Å²) < 4.78 is 0.695. The highest BCUT2D eigenvalue weighted by atomic mass is 79.9. The van der Waals surface area contributed by atoms with Crippen molar-refractivity contribution in [1.82, 2.24) is 0 Å². The predicted molar refractivity (Wildman–Crippen MR) is 61.3 cm³/mol. The number of benzene rings is 1. The van der Waals surface area contributed by atoms with E-state index < -0.39 is 0 Å². The fraction of sp³-hybridized carbons (Fsp3) is 0.222. The topological polar surface area (TPSA) is 43.1 Å². The molecule has 0 amide bonds. The van der Waals surface area contributed by atoms with Crippen LogP contribution in [0.25, 0.3) is 0 Å². The van der Waals surface area contributed by atoms with Crippen molar-refractivity contribution in [2.24, 2.45) is 0 Å². The Balaban J connectivity index is 3.01. The molecule has 0 aliphatic heterocycles. The Morgan fingerprint density at radius 3 is 2.77 bits per heavy atom. The Hall–Kier alpha value is -0.350. The fourth-order valence-corrected chi connectivity index (χ4v) is 1.83. The van der Waals surface area contributed by atoms with Crippen molar-refractivity contribution in [3.05, 3.63) is 28.2 Å². The van der Waals surface area contributed by atoms with Gasteiger partial charge in [-0.1, -0.05) is 28.1 Å². The van der Waals surface area contributed by atoms with Gasteiger partial charge in [0.05, 0.1) is 4.47 Å². The highest BCUT2D eigenvalue weighted by Crippen LogP contribution is 2.24. The van der Waals surface area contributed by atoms with E-state index in [0.717, 1.165) is 0 Å². The van der Waals surface area contributed by atoms with E-state index in [9.17, 15) is 4.79 Å². The van der Waals surface area contributed by atoms with Crippen LogP contribution >= 0.6 is 31.9 Å². The third kappa shape index (κ3) is 2.54. The summed E-state index contributed by atoms with van der Waals surface area (Å²) in [5.41, 5.74) is 6.89. The average molecular weight is 307 g/mol. The number of halogens is 2. The van der Waals surface area contributed by atoms with Gasteiger partial charge in [0.2, 0.25) is 0 Å². The summed E-state index contributed by atoms with van der Waals surface area (Å²) in [6, 6.07) is 5.31. The van der Waals surface area contributed by atoms with E-state index in [1.165, 1.54) is 0 Å². The largest absolute Gasteiger partial charge is 0.398 e. The Bertz CT molecular complexity index is 325. The maximum absolute atomic E-state index is 11.5. The van der Waals surface area contributed by atoms with E-state index in [0.29, 0.717) is 27.5 Å². The van der Waals surface area contributed by atoms with Crippen LogP contribution < -0.4 is 5.73 Å². The van der Waals surface area contributed by atoms with E-state index in [-0.39, 0.29) is 5.78 Å². The van der Waals surface area contributed by atoms with Gasteiger partial charge >= 0.3 is 0 Å². The molecule has 0 saturated heterocycles. The van der Waals surface area contributed by atoms with Gasteiger partial charge in [-0.05, 0) is 22.0 Å². The molecule has 0 spiro atoms. The van der Waals surface area contributed by atoms with Crippen LogP contribution in [0.4, 0.5) is 5.69 Å². The molecular weight excluding hydrogens is 298 g/mol. The number of rotatable bonds is 3. The number of Topliss-reactive ketones (excluding diaryl/α,β-unsaturated/α-hetero) is 1. The molecule has 0 bridgehead atoms. The summed E-state index contributed by atoms with van der Waals surface area (Å²) >= 11 is 6.51. The number of anilines is 1. The zero-order valence-corrected chi connectivity index (χ0v) is 10.1. The lowest BCUT2D eigenvalue weighted by molar-refractivity contribution is 0.0989. The summed E-state index contributed by atoms with van der Waals surface area (Å²) in [7, 11) is 0. The van der Waals surface area contributed by atoms with E-state index >= 15 is 0 Å². The predicted octanol–water partition coefficient (Wildman–Crippen LogP) is 3.00. The molecule has 0 unspecified atom stereocenters. The Kier molecular flexibility index (Phi) is 3.93. The number of nitrogen functional groups attached to an aromatic ring is 1. The first kappa shape index (κ1) is 10.7. The zero-order chi connectivity index (χ0) is 9.84. The van der Waals surface area contributed by atoms with Crippen molar-refractivity contribution < 1.29 is 4.79 Å². The van der Waals surface area contributed by atoms with Crippen molar-refractivity contribution in [3.63, 3.8) is 0 Å². The van der Waals surface area contributed by atoms with Crippen LogP contribution in [0.3, 0.4) is 0 Å². The second-order valence-corrected chi connectivity index (χ2v) is 4.16.